The number of esters is 1. The second-order valence-corrected chi connectivity index (χ2v) is 4.29. The van der Waals surface area contributed by atoms with E-state index in [1.165, 1.54) is 18.2 Å². The predicted octanol–water partition coefficient (Wildman–Crippen LogP) is 2.65. The number of hydrogen-bond donors (Lipinski definition) is 0. The van der Waals surface area contributed by atoms with E-state index in [4.69, 9.17) is 0 Å². The number of carbonyl (C=O) groups excluding carboxylic acids is 2. The molecule has 0 amide bonds. The molecule has 3 nitrogen and oxygen atoms in total. The number of Topliss-reactive ketones (excluding diaryl/α,β-unsaturated/α-hetero) is 1. The molecular weight excluding hydrogens is 291 g/mol. The summed E-state index contributed by atoms with van der Waals surface area (Å²) in [6.45, 7) is 1.92. The average molecular weight is 303 g/mol. The van der Waals surface area contributed by atoms with Gasteiger partial charge in [0.25, 0.3) is 0 Å². The van der Waals surface area contributed by atoms with Crippen LogP contribution in [0.3, 0.4) is 0 Å². The summed E-state index contributed by atoms with van der Waals surface area (Å²) in [4.78, 5) is 22.6. The van der Waals surface area contributed by atoms with Gasteiger partial charge in [-0.25, -0.2) is 4.39 Å². The summed E-state index contributed by atoms with van der Waals surface area (Å²) in [5.41, 5.74) is 0.527. The molecule has 0 N–H and O–H groups in total. The maximum absolute atomic E-state index is 13.0. The van der Waals surface area contributed by atoms with Crippen molar-refractivity contribution < 1.29 is 18.7 Å². The summed E-state index contributed by atoms with van der Waals surface area (Å²) in [5, 5.41) is 0. The molecule has 0 aliphatic rings. The maximum atomic E-state index is 13.0. The quantitative estimate of drug-likeness (QED) is 0.620. The number of halogens is 2. The van der Waals surface area contributed by atoms with Crippen LogP contribution in [0.1, 0.15) is 18.9 Å². The third-order valence-corrected chi connectivity index (χ3v) is 2.82. The van der Waals surface area contributed by atoms with Gasteiger partial charge in [-0.2, -0.15) is 0 Å². The van der Waals surface area contributed by atoms with E-state index in [-0.39, 0.29) is 25.2 Å². The number of ether oxygens (including phenoxy) is 1. The summed E-state index contributed by atoms with van der Waals surface area (Å²) >= 11 is 3.22. The Hall–Kier alpha value is -1.23. The minimum Gasteiger partial charge on any atom is -0.466 e. The summed E-state index contributed by atoms with van der Waals surface area (Å²) < 4.78 is 18.3. The minimum absolute atomic E-state index is 0.0111. The topological polar surface area (TPSA) is 43.4 Å². The molecule has 17 heavy (non-hydrogen) atoms. The SMILES string of the molecule is CCOC(=O)CC(=O)Cc1cc(F)ccc1Br. The third-order valence-electron chi connectivity index (χ3n) is 2.04. The Bertz CT molecular complexity index is 432. The van der Waals surface area contributed by atoms with Crippen molar-refractivity contribution in [2.45, 2.75) is 19.8 Å². The van der Waals surface area contributed by atoms with Crippen LogP contribution in [0.15, 0.2) is 22.7 Å². The van der Waals surface area contributed by atoms with Crippen LogP contribution < -0.4 is 0 Å². The molecule has 0 fully saturated rings. The van der Waals surface area contributed by atoms with E-state index >= 15 is 0 Å². The highest BCUT2D eigenvalue weighted by atomic mass is 79.9. The number of rotatable bonds is 5. The number of ketones is 1. The molecule has 5 heteroatoms. The first kappa shape index (κ1) is 13.8. The van der Waals surface area contributed by atoms with E-state index in [0.29, 0.717) is 10.0 Å². The summed E-state index contributed by atoms with van der Waals surface area (Å²) in [6.07, 6.45) is -0.270. The predicted molar refractivity (Wildman–Crippen MR) is 64.1 cm³/mol. The van der Waals surface area contributed by atoms with Crippen LogP contribution in [-0.4, -0.2) is 18.4 Å². The molecular formula is C12H12BrFO3. The number of hydrogen-bond acceptors (Lipinski definition) is 3. The molecule has 1 aromatic rings. The Morgan fingerprint density at radius 3 is 2.76 bits per heavy atom. The fraction of sp³-hybridized carbons (Fsp3) is 0.333. The van der Waals surface area contributed by atoms with Crippen molar-refractivity contribution in [2.24, 2.45) is 0 Å². The number of carbonyl (C=O) groups is 2. The van der Waals surface area contributed by atoms with Crippen LogP contribution in [0.4, 0.5) is 4.39 Å². The second kappa shape index (κ2) is 6.49. The molecule has 0 saturated heterocycles. The van der Waals surface area contributed by atoms with Gasteiger partial charge < -0.3 is 4.74 Å². The molecule has 1 aromatic carbocycles. The Labute approximate surface area is 107 Å². The highest BCUT2D eigenvalue weighted by molar-refractivity contribution is 9.10. The first-order chi connectivity index (χ1) is 8.02. The average Bonchev–Trinajstić information content (AvgIpc) is 2.23. The van der Waals surface area contributed by atoms with Gasteiger partial charge in [0.15, 0.2) is 0 Å². The molecule has 0 saturated carbocycles. The van der Waals surface area contributed by atoms with Gasteiger partial charge in [-0.1, -0.05) is 15.9 Å². The van der Waals surface area contributed by atoms with E-state index < -0.39 is 11.8 Å². The zero-order valence-corrected chi connectivity index (χ0v) is 10.9. The standard InChI is InChI=1S/C12H12BrFO3/c1-2-17-12(16)7-10(15)6-8-5-9(14)3-4-11(8)13/h3-5H,2,6-7H2,1H3. The molecule has 0 heterocycles. The van der Waals surface area contributed by atoms with E-state index in [9.17, 15) is 14.0 Å². The van der Waals surface area contributed by atoms with E-state index in [1.807, 2.05) is 0 Å². The van der Waals surface area contributed by atoms with E-state index in [0.717, 1.165) is 0 Å². The van der Waals surface area contributed by atoms with Gasteiger partial charge >= 0.3 is 5.97 Å². The second-order valence-electron chi connectivity index (χ2n) is 3.43. The van der Waals surface area contributed by atoms with Crippen molar-refractivity contribution in [3.63, 3.8) is 0 Å². The molecule has 0 aliphatic heterocycles. The van der Waals surface area contributed by atoms with Gasteiger partial charge in [0, 0.05) is 10.9 Å². The summed E-state index contributed by atoms with van der Waals surface area (Å²) in [7, 11) is 0. The molecule has 0 radical (unpaired) electrons. The Kier molecular flexibility index (Phi) is 5.28. The van der Waals surface area contributed by atoms with Crippen LogP contribution in [0.5, 0.6) is 0 Å². The van der Waals surface area contributed by atoms with Crippen molar-refractivity contribution in [2.75, 3.05) is 6.61 Å². The lowest BCUT2D eigenvalue weighted by Crippen LogP contribution is -2.13. The van der Waals surface area contributed by atoms with Crippen molar-refractivity contribution in [1.29, 1.82) is 0 Å². The van der Waals surface area contributed by atoms with Gasteiger partial charge in [0.2, 0.25) is 0 Å². The Morgan fingerprint density at radius 1 is 1.41 bits per heavy atom. The minimum atomic E-state index is -0.551. The molecule has 92 valence electrons. The van der Waals surface area contributed by atoms with Crippen LogP contribution in [0.2, 0.25) is 0 Å². The van der Waals surface area contributed by atoms with Crippen molar-refractivity contribution >= 4 is 27.7 Å². The van der Waals surface area contributed by atoms with Crippen LogP contribution in [0.25, 0.3) is 0 Å². The summed E-state index contributed by atoms with van der Waals surface area (Å²) in [5.74, 6) is -1.26. The maximum Gasteiger partial charge on any atom is 0.313 e. The monoisotopic (exact) mass is 302 g/mol. The fourth-order valence-corrected chi connectivity index (χ4v) is 1.71. The first-order valence-corrected chi connectivity index (χ1v) is 5.93. The van der Waals surface area contributed by atoms with E-state index in [1.54, 1.807) is 6.92 Å². The lowest BCUT2D eigenvalue weighted by atomic mass is 10.1. The third kappa shape index (κ3) is 4.65. The molecule has 0 spiro atoms. The Morgan fingerprint density at radius 2 is 2.12 bits per heavy atom. The number of benzene rings is 1. The van der Waals surface area contributed by atoms with Crippen molar-refractivity contribution in [3.8, 4) is 0 Å². The highest BCUT2D eigenvalue weighted by Gasteiger charge is 2.13. The smallest absolute Gasteiger partial charge is 0.313 e. The summed E-state index contributed by atoms with van der Waals surface area (Å²) in [6, 6.07) is 4.10. The van der Waals surface area contributed by atoms with E-state index in [2.05, 4.69) is 20.7 Å². The van der Waals surface area contributed by atoms with Gasteiger partial charge in [-0.3, -0.25) is 9.59 Å². The van der Waals surface area contributed by atoms with Crippen molar-refractivity contribution in [1.82, 2.24) is 0 Å². The zero-order chi connectivity index (χ0) is 12.8. The van der Waals surface area contributed by atoms with Gasteiger partial charge in [-0.05, 0) is 30.7 Å². The normalized spacial score (nSPS) is 10.1. The molecule has 0 bridgehead atoms. The lowest BCUT2D eigenvalue weighted by molar-refractivity contribution is -0.145. The van der Waals surface area contributed by atoms with Gasteiger partial charge in [0.05, 0.1) is 6.61 Å². The highest BCUT2D eigenvalue weighted by Crippen LogP contribution is 2.18. The molecule has 0 aliphatic carbocycles. The lowest BCUT2D eigenvalue weighted by Gasteiger charge is -2.04. The molecule has 0 atom stereocenters. The molecule has 0 aromatic heterocycles. The van der Waals surface area contributed by atoms with Crippen molar-refractivity contribution in [3.05, 3.63) is 34.1 Å². The molecule has 1 rings (SSSR count). The molecule has 0 unspecified atom stereocenters. The van der Waals surface area contributed by atoms with Gasteiger partial charge in [-0.15, -0.1) is 0 Å². The Balaban J connectivity index is 2.62. The first-order valence-electron chi connectivity index (χ1n) is 5.14. The van der Waals surface area contributed by atoms with Gasteiger partial charge in [0.1, 0.15) is 18.0 Å². The van der Waals surface area contributed by atoms with Crippen LogP contribution in [0, 0.1) is 5.82 Å². The van der Waals surface area contributed by atoms with Crippen LogP contribution >= 0.6 is 15.9 Å². The van der Waals surface area contributed by atoms with Crippen LogP contribution in [-0.2, 0) is 20.7 Å². The zero-order valence-electron chi connectivity index (χ0n) is 9.33. The fourth-order valence-electron chi connectivity index (χ4n) is 1.33. The largest absolute Gasteiger partial charge is 0.466 e.